The van der Waals surface area contributed by atoms with Crippen molar-refractivity contribution in [1.29, 1.82) is 0 Å². The Kier molecular flexibility index (Phi) is 5.75. The molecule has 0 spiro atoms. The first-order valence-electron chi connectivity index (χ1n) is 8.16. The zero-order valence-electron chi connectivity index (χ0n) is 14.6. The van der Waals surface area contributed by atoms with Crippen LogP contribution in [0.25, 0.3) is 23.2 Å². The summed E-state index contributed by atoms with van der Waals surface area (Å²) in [5, 5.41) is 0. The van der Waals surface area contributed by atoms with Crippen LogP contribution in [-0.4, -0.2) is 32.3 Å². The van der Waals surface area contributed by atoms with Gasteiger partial charge in [0.1, 0.15) is 23.7 Å². The molecule has 3 N–H and O–H groups in total. The first kappa shape index (κ1) is 19.6. The Balaban J connectivity index is 1.81. The summed E-state index contributed by atoms with van der Waals surface area (Å²) in [4.78, 5) is 36.9. The number of hydrogen-bond donors (Lipinski definition) is 3. The molecule has 3 rings (SSSR count). The van der Waals surface area contributed by atoms with E-state index in [1.807, 2.05) is 30.3 Å². The molecule has 0 unspecified atom stereocenters. The van der Waals surface area contributed by atoms with E-state index in [0.29, 0.717) is 17.9 Å². The minimum absolute atomic E-state index is 0.0413. The molecule has 0 saturated carbocycles. The first-order chi connectivity index (χ1) is 13.4. The molecule has 3 aromatic rings. The van der Waals surface area contributed by atoms with Crippen molar-refractivity contribution in [2.24, 2.45) is 0 Å². The van der Waals surface area contributed by atoms with E-state index in [9.17, 15) is 9.36 Å². The topological polar surface area (TPSA) is 122 Å². The lowest BCUT2D eigenvalue weighted by Gasteiger charge is -2.05. The van der Waals surface area contributed by atoms with E-state index >= 15 is 0 Å². The third-order valence-corrected chi connectivity index (χ3v) is 4.04. The maximum absolute atomic E-state index is 12.0. The average molecular weight is 400 g/mol. The molecular formula is C19H17N2O6P. The summed E-state index contributed by atoms with van der Waals surface area (Å²) >= 11 is 0. The highest BCUT2D eigenvalue weighted by atomic mass is 31.2. The number of carbonyl (C=O) groups excluding carboxylic acids is 1. The normalized spacial score (nSPS) is 11.6. The van der Waals surface area contributed by atoms with Crippen LogP contribution < -0.4 is 4.74 Å². The van der Waals surface area contributed by atoms with Crippen molar-refractivity contribution in [1.82, 2.24) is 9.97 Å². The van der Waals surface area contributed by atoms with E-state index in [2.05, 4.69) is 21.1 Å². The molecule has 0 amide bonds. The van der Waals surface area contributed by atoms with Crippen LogP contribution in [0.2, 0.25) is 0 Å². The fourth-order valence-corrected chi connectivity index (χ4v) is 2.77. The van der Waals surface area contributed by atoms with Gasteiger partial charge in [-0.2, -0.15) is 0 Å². The van der Waals surface area contributed by atoms with Gasteiger partial charge in [0.25, 0.3) is 0 Å². The van der Waals surface area contributed by atoms with Crippen LogP contribution in [0.4, 0.5) is 0 Å². The SMILES string of the molecule is C=CCOc1ccc(/C=C/c2nc3c(C(=O)OP(=O)(O)O)cccc3[nH]2)cc1. The molecule has 0 atom stereocenters. The number of aromatic nitrogens is 2. The fraction of sp³-hybridized carbons (Fsp3) is 0.0526. The number of phosphoric ester groups is 1. The molecule has 0 bridgehead atoms. The third kappa shape index (κ3) is 4.95. The van der Waals surface area contributed by atoms with Gasteiger partial charge in [0.2, 0.25) is 0 Å². The molecule has 144 valence electrons. The third-order valence-electron chi connectivity index (χ3n) is 3.63. The number of para-hydroxylation sites is 1. The number of nitrogens with zero attached hydrogens (tertiary/aromatic N) is 1. The zero-order valence-corrected chi connectivity index (χ0v) is 15.5. The van der Waals surface area contributed by atoms with E-state index < -0.39 is 13.8 Å². The summed E-state index contributed by atoms with van der Waals surface area (Å²) < 4.78 is 20.5. The summed E-state index contributed by atoms with van der Waals surface area (Å²) in [6.07, 6.45) is 5.21. The fourth-order valence-electron chi connectivity index (χ4n) is 2.46. The van der Waals surface area contributed by atoms with E-state index in [0.717, 1.165) is 11.3 Å². The van der Waals surface area contributed by atoms with Crippen molar-refractivity contribution in [2.75, 3.05) is 6.61 Å². The second-order valence-electron chi connectivity index (χ2n) is 5.70. The monoisotopic (exact) mass is 400 g/mol. The molecule has 9 heteroatoms. The molecule has 0 radical (unpaired) electrons. The summed E-state index contributed by atoms with van der Waals surface area (Å²) in [7, 11) is -4.94. The van der Waals surface area contributed by atoms with Crippen molar-refractivity contribution in [3.05, 3.63) is 72.1 Å². The largest absolute Gasteiger partial charge is 0.527 e. The van der Waals surface area contributed by atoms with Crippen molar-refractivity contribution in [3.8, 4) is 5.75 Å². The van der Waals surface area contributed by atoms with Crippen LogP contribution >= 0.6 is 7.82 Å². The molecular weight excluding hydrogens is 383 g/mol. The first-order valence-corrected chi connectivity index (χ1v) is 9.69. The van der Waals surface area contributed by atoms with E-state index in [1.54, 1.807) is 24.3 Å². The number of carbonyl (C=O) groups is 1. The summed E-state index contributed by atoms with van der Waals surface area (Å²) in [5.41, 5.74) is 1.66. The lowest BCUT2D eigenvalue weighted by Crippen LogP contribution is -2.03. The van der Waals surface area contributed by atoms with Crippen molar-refractivity contribution in [2.45, 2.75) is 0 Å². The van der Waals surface area contributed by atoms with Gasteiger partial charge in [-0.1, -0.05) is 36.9 Å². The number of ether oxygens (including phenoxy) is 1. The Morgan fingerprint density at radius 3 is 2.61 bits per heavy atom. The number of hydrogen-bond acceptors (Lipinski definition) is 5. The van der Waals surface area contributed by atoms with Gasteiger partial charge in [0.15, 0.2) is 0 Å². The van der Waals surface area contributed by atoms with Crippen LogP contribution in [0.15, 0.2) is 55.1 Å². The number of benzene rings is 2. The van der Waals surface area contributed by atoms with Crippen LogP contribution in [0.3, 0.4) is 0 Å². The molecule has 8 nitrogen and oxygen atoms in total. The van der Waals surface area contributed by atoms with Gasteiger partial charge in [-0.3, -0.25) is 9.79 Å². The smallest absolute Gasteiger partial charge is 0.490 e. The molecule has 0 saturated heterocycles. The molecule has 0 aliphatic carbocycles. The minimum atomic E-state index is -4.94. The molecule has 28 heavy (non-hydrogen) atoms. The van der Waals surface area contributed by atoms with Gasteiger partial charge in [-0.15, -0.1) is 0 Å². The number of phosphoric acid groups is 1. The molecule has 0 fully saturated rings. The molecule has 0 aliphatic heterocycles. The van der Waals surface area contributed by atoms with Crippen molar-refractivity contribution < 1.29 is 28.4 Å². The Labute approximate surface area is 160 Å². The van der Waals surface area contributed by atoms with Gasteiger partial charge in [0, 0.05) is 0 Å². The minimum Gasteiger partial charge on any atom is -0.490 e. The number of nitrogens with one attached hydrogen (secondary N) is 1. The lowest BCUT2D eigenvalue weighted by atomic mass is 10.2. The number of rotatable bonds is 7. The quantitative estimate of drug-likeness (QED) is 0.410. The van der Waals surface area contributed by atoms with Gasteiger partial charge < -0.3 is 14.2 Å². The van der Waals surface area contributed by atoms with Gasteiger partial charge in [-0.25, -0.2) is 14.3 Å². The number of aromatic amines is 1. The van der Waals surface area contributed by atoms with E-state index in [-0.39, 0.29) is 11.1 Å². The molecule has 1 aromatic heterocycles. The van der Waals surface area contributed by atoms with Crippen molar-refractivity contribution in [3.63, 3.8) is 0 Å². The van der Waals surface area contributed by atoms with Gasteiger partial charge >= 0.3 is 13.8 Å². The van der Waals surface area contributed by atoms with Gasteiger partial charge in [0.05, 0.1) is 11.1 Å². The predicted molar refractivity (Wildman–Crippen MR) is 105 cm³/mol. The zero-order chi connectivity index (χ0) is 20.1. The van der Waals surface area contributed by atoms with Crippen molar-refractivity contribution >= 4 is 37.0 Å². The highest BCUT2D eigenvalue weighted by Crippen LogP contribution is 2.37. The lowest BCUT2D eigenvalue weighted by molar-refractivity contribution is 0.0680. The Bertz CT molecular complexity index is 1080. The molecule has 0 aliphatic rings. The summed E-state index contributed by atoms with van der Waals surface area (Å²) in [6.45, 7) is 4.03. The van der Waals surface area contributed by atoms with Crippen LogP contribution in [0, 0.1) is 0 Å². The Morgan fingerprint density at radius 2 is 1.93 bits per heavy atom. The number of imidazole rings is 1. The Hall–Kier alpha value is -3.19. The van der Waals surface area contributed by atoms with Crippen LogP contribution in [-0.2, 0) is 9.09 Å². The average Bonchev–Trinajstić information content (AvgIpc) is 3.07. The second kappa shape index (κ2) is 8.22. The maximum Gasteiger partial charge on any atom is 0.527 e. The highest BCUT2D eigenvalue weighted by molar-refractivity contribution is 7.46. The van der Waals surface area contributed by atoms with Gasteiger partial charge in [-0.05, 0) is 35.9 Å². The standard InChI is InChI=1S/C19H17N2O6P/c1-2-12-26-14-9-6-13(7-10-14)8-11-17-20-16-5-3-4-15(18(16)21-17)19(22)27-28(23,24)25/h2-11H,1,12H2,(H,20,21)(H2,23,24,25)/b11-8+. The molecule has 2 aromatic carbocycles. The highest BCUT2D eigenvalue weighted by Gasteiger charge is 2.24. The van der Waals surface area contributed by atoms with Crippen LogP contribution in [0.1, 0.15) is 21.7 Å². The molecule has 1 heterocycles. The second-order valence-corrected chi connectivity index (χ2v) is 6.86. The Morgan fingerprint density at radius 1 is 1.18 bits per heavy atom. The maximum atomic E-state index is 12.0. The summed E-state index contributed by atoms with van der Waals surface area (Å²) in [5.74, 6) is 0.0588. The number of fused-ring (bicyclic) bond motifs is 1. The number of H-pyrrole nitrogens is 1. The van der Waals surface area contributed by atoms with E-state index in [1.165, 1.54) is 6.07 Å². The van der Waals surface area contributed by atoms with Crippen LogP contribution in [0.5, 0.6) is 5.75 Å². The summed E-state index contributed by atoms with van der Waals surface area (Å²) in [6, 6.07) is 12.1. The van der Waals surface area contributed by atoms with E-state index in [4.69, 9.17) is 14.5 Å². The predicted octanol–water partition coefficient (Wildman–Crippen LogP) is 3.55.